The fourth-order valence-corrected chi connectivity index (χ4v) is 1.69. The topological polar surface area (TPSA) is 74.2 Å². The lowest BCUT2D eigenvalue weighted by Crippen LogP contribution is -2.09. The molecule has 98 valence electrons. The molecule has 0 aliphatic heterocycles. The molecule has 0 aromatic carbocycles. The maximum atomic E-state index is 11.4. The zero-order valence-electron chi connectivity index (χ0n) is 10.3. The number of hydrogen-bond acceptors (Lipinski definition) is 6. The van der Waals surface area contributed by atoms with Gasteiger partial charge in [-0.05, 0) is 28.9 Å². The second kappa shape index (κ2) is 5.75. The molecule has 0 amide bonds. The van der Waals surface area contributed by atoms with Crippen LogP contribution in [0.1, 0.15) is 16.3 Å². The Morgan fingerprint density at radius 1 is 1.26 bits per heavy atom. The summed E-state index contributed by atoms with van der Waals surface area (Å²) in [5, 5.41) is 0. The summed E-state index contributed by atoms with van der Waals surface area (Å²) in [6.07, 6.45) is 3.18. The van der Waals surface area contributed by atoms with Crippen molar-refractivity contribution in [2.75, 3.05) is 7.11 Å². The van der Waals surface area contributed by atoms with Crippen LogP contribution >= 0.6 is 15.9 Å². The van der Waals surface area contributed by atoms with Gasteiger partial charge in [-0.15, -0.1) is 0 Å². The lowest BCUT2D eigenvalue weighted by atomic mass is 10.4. The van der Waals surface area contributed by atoms with Crippen molar-refractivity contribution in [3.05, 3.63) is 40.5 Å². The van der Waals surface area contributed by atoms with Crippen LogP contribution in [-0.2, 0) is 4.74 Å². The maximum Gasteiger partial charge on any atom is 0.376 e. The third-order valence-corrected chi connectivity index (χ3v) is 2.53. The summed E-state index contributed by atoms with van der Waals surface area (Å²) in [7, 11) is 1.27. The SMILES string of the molecule is COC(=O)c1nc(C)cc(Oc2cncc(Br)c2)n1. The van der Waals surface area contributed by atoms with Crippen molar-refractivity contribution in [1.29, 1.82) is 0 Å². The molecule has 0 radical (unpaired) electrons. The Bertz CT molecular complexity index is 619. The van der Waals surface area contributed by atoms with E-state index in [9.17, 15) is 4.79 Å². The van der Waals surface area contributed by atoms with Gasteiger partial charge in [-0.2, -0.15) is 4.98 Å². The van der Waals surface area contributed by atoms with Crippen LogP contribution in [0.25, 0.3) is 0 Å². The van der Waals surface area contributed by atoms with Gasteiger partial charge in [0.1, 0.15) is 5.75 Å². The van der Waals surface area contributed by atoms with E-state index in [0.717, 1.165) is 4.47 Å². The summed E-state index contributed by atoms with van der Waals surface area (Å²) in [5.41, 5.74) is 0.605. The molecule has 0 unspecified atom stereocenters. The first-order valence-corrected chi connectivity index (χ1v) is 6.10. The summed E-state index contributed by atoms with van der Waals surface area (Å²) in [6.45, 7) is 1.74. The molecular formula is C12H10BrN3O3. The van der Waals surface area contributed by atoms with E-state index in [1.54, 1.807) is 31.5 Å². The van der Waals surface area contributed by atoms with Crippen LogP contribution in [0.4, 0.5) is 0 Å². The van der Waals surface area contributed by atoms with Gasteiger partial charge in [0, 0.05) is 22.4 Å². The largest absolute Gasteiger partial charge is 0.463 e. The van der Waals surface area contributed by atoms with Crippen LogP contribution < -0.4 is 4.74 Å². The monoisotopic (exact) mass is 323 g/mol. The third kappa shape index (κ3) is 3.47. The van der Waals surface area contributed by atoms with Gasteiger partial charge < -0.3 is 9.47 Å². The van der Waals surface area contributed by atoms with Gasteiger partial charge in [0.15, 0.2) is 0 Å². The van der Waals surface area contributed by atoms with Crippen molar-refractivity contribution < 1.29 is 14.3 Å². The van der Waals surface area contributed by atoms with E-state index in [4.69, 9.17) is 4.74 Å². The van der Waals surface area contributed by atoms with Crippen molar-refractivity contribution >= 4 is 21.9 Å². The molecule has 0 spiro atoms. The van der Waals surface area contributed by atoms with Crippen LogP contribution in [0.15, 0.2) is 29.0 Å². The van der Waals surface area contributed by atoms with Gasteiger partial charge in [0.05, 0.1) is 13.3 Å². The highest BCUT2D eigenvalue weighted by molar-refractivity contribution is 9.10. The molecule has 0 aliphatic rings. The first-order chi connectivity index (χ1) is 9.08. The van der Waals surface area contributed by atoms with Crippen LogP contribution in [0.3, 0.4) is 0 Å². The van der Waals surface area contributed by atoms with Crippen LogP contribution in [0.5, 0.6) is 11.6 Å². The maximum absolute atomic E-state index is 11.4. The second-order valence-electron chi connectivity index (χ2n) is 3.60. The summed E-state index contributed by atoms with van der Waals surface area (Å²) in [5.74, 6) is 0.109. The highest BCUT2D eigenvalue weighted by atomic mass is 79.9. The minimum atomic E-state index is -0.610. The van der Waals surface area contributed by atoms with Crippen LogP contribution in [-0.4, -0.2) is 28.0 Å². The number of carbonyl (C=O) groups excluding carboxylic acids is 1. The minimum Gasteiger partial charge on any atom is -0.463 e. The van der Waals surface area contributed by atoms with Gasteiger partial charge in [-0.1, -0.05) is 0 Å². The molecule has 0 saturated heterocycles. The number of carbonyl (C=O) groups is 1. The van der Waals surface area contributed by atoms with Crippen molar-refractivity contribution in [3.8, 4) is 11.6 Å². The molecular weight excluding hydrogens is 314 g/mol. The Hall–Kier alpha value is -2.02. The van der Waals surface area contributed by atoms with E-state index in [0.29, 0.717) is 11.4 Å². The Morgan fingerprint density at radius 3 is 2.74 bits per heavy atom. The van der Waals surface area contributed by atoms with Crippen molar-refractivity contribution in [2.24, 2.45) is 0 Å². The van der Waals surface area contributed by atoms with Crippen molar-refractivity contribution in [1.82, 2.24) is 15.0 Å². The second-order valence-corrected chi connectivity index (χ2v) is 4.52. The van der Waals surface area contributed by atoms with Crippen molar-refractivity contribution in [3.63, 3.8) is 0 Å². The molecule has 0 saturated carbocycles. The highest BCUT2D eigenvalue weighted by Gasteiger charge is 2.12. The van der Waals surface area contributed by atoms with E-state index >= 15 is 0 Å². The van der Waals surface area contributed by atoms with Gasteiger partial charge in [0.25, 0.3) is 0 Å². The average molecular weight is 324 g/mol. The molecule has 0 atom stereocenters. The molecule has 0 aliphatic carbocycles. The molecule has 7 heteroatoms. The number of esters is 1. The number of nitrogens with zero attached hydrogens (tertiary/aromatic N) is 3. The summed E-state index contributed by atoms with van der Waals surface area (Å²) in [6, 6.07) is 3.36. The quantitative estimate of drug-likeness (QED) is 0.808. The molecule has 0 bridgehead atoms. The summed E-state index contributed by atoms with van der Waals surface area (Å²) in [4.78, 5) is 23.3. The zero-order chi connectivity index (χ0) is 13.8. The number of hydrogen-bond donors (Lipinski definition) is 0. The summed E-state index contributed by atoms with van der Waals surface area (Å²) >= 11 is 3.29. The average Bonchev–Trinajstić information content (AvgIpc) is 2.37. The number of ether oxygens (including phenoxy) is 2. The molecule has 19 heavy (non-hydrogen) atoms. The smallest absolute Gasteiger partial charge is 0.376 e. The molecule has 0 fully saturated rings. The lowest BCUT2D eigenvalue weighted by Gasteiger charge is -2.06. The van der Waals surface area contributed by atoms with Crippen LogP contribution in [0, 0.1) is 6.92 Å². The zero-order valence-corrected chi connectivity index (χ0v) is 11.8. The highest BCUT2D eigenvalue weighted by Crippen LogP contribution is 2.22. The first kappa shape index (κ1) is 13.4. The standard InChI is InChI=1S/C12H10BrN3O3/c1-7-3-10(16-11(15-7)12(17)18-2)19-9-4-8(13)5-14-6-9/h3-6H,1-2H3. The van der Waals surface area contributed by atoms with E-state index in [-0.39, 0.29) is 11.7 Å². The number of aryl methyl sites for hydroxylation is 1. The Labute approximate surface area is 117 Å². The lowest BCUT2D eigenvalue weighted by molar-refractivity contribution is 0.0585. The van der Waals surface area contributed by atoms with Gasteiger partial charge in [0.2, 0.25) is 11.7 Å². The van der Waals surface area contributed by atoms with E-state index in [1.807, 2.05) is 0 Å². The normalized spacial score (nSPS) is 10.1. The fourth-order valence-electron chi connectivity index (χ4n) is 1.34. The molecule has 2 aromatic rings. The number of methoxy groups -OCH3 is 1. The number of halogens is 1. The Kier molecular flexibility index (Phi) is 4.06. The van der Waals surface area contributed by atoms with Gasteiger partial charge >= 0.3 is 5.97 Å². The number of pyridine rings is 1. The van der Waals surface area contributed by atoms with Crippen LogP contribution in [0.2, 0.25) is 0 Å². The van der Waals surface area contributed by atoms with E-state index in [2.05, 4.69) is 35.6 Å². The Balaban J connectivity index is 2.30. The first-order valence-electron chi connectivity index (χ1n) is 5.31. The van der Waals surface area contributed by atoms with E-state index < -0.39 is 5.97 Å². The third-order valence-electron chi connectivity index (χ3n) is 2.10. The predicted octanol–water partition coefficient (Wildman–Crippen LogP) is 2.52. The van der Waals surface area contributed by atoms with Gasteiger partial charge in [-0.25, -0.2) is 9.78 Å². The Morgan fingerprint density at radius 2 is 2.05 bits per heavy atom. The summed E-state index contributed by atoms with van der Waals surface area (Å²) < 4.78 is 10.9. The molecule has 2 heterocycles. The molecule has 6 nitrogen and oxygen atoms in total. The van der Waals surface area contributed by atoms with E-state index in [1.165, 1.54) is 7.11 Å². The van der Waals surface area contributed by atoms with Gasteiger partial charge in [-0.3, -0.25) is 4.98 Å². The molecule has 2 aromatic heterocycles. The molecule has 0 N–H and O–H groups in total. The van der Waals surface area contributed by atoms with Crippen molar-refractivity contribution in [2.45, 2.75) is 6.92 Å². The molecule has 2 rings (SSSR count). The predicted molar refractivity (Wildman–Crippen MR) is 70.1 cm³/mol. The fraction of sp³-hybridized carbons (Fsp3) is 0.167. The number of aromatic nitrogens is 3. The minimum absolute atomic E-state index is 0.0412. The number of rotatable bonds is 3.